The molecule has 0 spiro atoms. The molecule has 3 aromatic heterocycles. The molecule has 1 atom stereocenters. The van der Waals surface area contributed by atoms with Gasteiger partial charge >= 0.3 is 11.9 Å². The van der Waals surface area contributed by atoms with Crippen LogP contribution in [0, 0.1) is 7.43 Å². The predicted octanol–water partition coefficient (Wildman–Crippen LogP) is 12.4. The number of aromatic hydroxyl groups is 1. The average molecular weight is 1260 g/mol. The summed E-state index contributed by atoms with van der Waals surface area (Å²) in [7, 11) is 0. The molecule has 420 valence electrons. The molecule has 80 heavy (non-hydrogen) atoms. The van der Waals surface area contributed by atoms with Gasteiger partial charge in [-0.2, -0.15) is 0 Å². The van der Waals surface area contributed by atoms with Crippen molar-refractivity contribution in [3.63, 3.8) is 0 Å². The molecule has 3 aliphatic heterocycles. The molecular weight excluding hydrogens is 1190 g/mol. The van der Waals surface area contributed by atoms with Crippen LogP contribution in [0.5, 0.6) is 17.2 Å². The van der Waals surface area contributed by atoms with Crippen molar-refractivity contribution in [1.82, 2.24) is 15.1 Å². The Kier molecular flexibility index (Phi) is 20.5. The van der Waals surface area contributed by atoms with E-state index in [2.05, 4.69) is 39.4 Å². The summed E-state index contributed by atoms with van der Waals surface area (Å²) in [5, 5.41) is 20.9. The summed E-state index contributed by atoms with van der Waals surface area (Å²) in [5.74, 6) is 0.623. The summed E-state index contributed by atoms with van der Waals surface area (Å²) >= 11 is 0. The van der Waals surface area contributed by atoms with Gasteiger partial charge in [-0.05, 0) is 177 Å². The maximum absolute atomic E-state index is 12.3. The minimum absolute atomic E-state index is 0. The predicted molar refractivity (Wildman–Crippen MR) is 307 cm³/mol. The molecule has 12 rings (SSSR count). The number of carbonyl (C=O) groups excluding carboxylic acids is 4. The van der Waals surface area contributed by atoms with Crippen LogP contribution in [0.1, 0.15) is 87.8 Å². The molecule has 0 radical (unpaired) electrons. The quantitative estimate of drug-likeness (QED) is 0.0561. The second-order valence-corrected chi connectivity index (χ2v) is 20.3. The maximum Gasteiger partial charge on any atom is 0.310 e. The zero-order chi connectivity index (χ0) is 54.0. The van der Waals surface area contributed by atoms with E-state index in [-0.39, 0.29) is 76.8 Å². The fourth-order valence-electron chi connectivity index (χ4n) is 10.8. The number of carbonyl (C=O) groups is 4. The molecule has 0 saturated carbocycles. The molecule has 2 N–H and O–H groups in total. The molecule has 15 nitrogen and oxygen atoms in total. The first kappa shape index (κ1) is 58.9. The molecule has 9 aromatic rings. The van der Waals surface area contributed by atoms with Gasteiger partial charge in [0.1, 0.15) is 47.2 Å². The molecule has 3 saturated heterocycles. The van der Waals surface area contributed by atoms with Crippen LogP contribution in [-0.4, -0.2) is 104 Å². The number of furan rings is 3. The molecule has 3 aliphatic rings. The molecule has 2 amide bonds. The van der Waals surface area contributed by atoms with E-state index < -0.39 is 0 Å². The van der Waals surface area contributed by atoms with Crippen molar-refractivity contribution in [2.45, 2.75) is 84.0 Å². The third kappa shape index (κ3) is 14.6. The van der Waals surface area contributed by atoms with Gasteiger partial charge in [-0.15, -0.1) is 0 Å². The van der Waals surface area contributed by atoms with Crippen LogP contribution in [0.2, 0.25) is 0 Å². The van der Waals surface area contributed by atoms with E-state index in [0.717, 1.165) is 107 Å². The standard InChI is InChI=1S/C24H26N2O4.C23H27NO4.C16H14O4.CH3.W/c27-23-7-6-19(24(28)25-23)21-15-30-22-14-16-4-5-18(12-17(16)13-20(21)22)29-11-10-26-8-2-1-3-9-26;1-2-26-23(25)15-19-16-28-22-14-17-6-7-20(12-18(17)13-21(19)22)27-11-10-24-8-4-3-5-9-24;1-2-19-16(18)8-12-9-20-15-7-10-3-4-13(17)5-11(10)6-14(12)15;;/h4-5,12-15,19H,1-3,6-11H2,(H,25,27,28);6-7,12-14,16H,2-5,8-11,15H2,1H3;3-7,9,17H,2,8H2,1H3;1H3;/q;;;-1;. The Hall–Kier alpha value is -7.19. The van der Waals surface area contributed by atoms with Crippen LogP contribution in [-0.2, 0) is 62.6 Å². The number of phenolic OH excluding ortho intramolecular Hbond substituents is 1. The van der Waals surface area contributed by atoms with Crippen LogP contribution in [0.4, 0.5) is 0 Å². The van der Waals surface area contributed by atoms with Crippen molar-refractivity contribution in [3.05, 3.63) is 134 Å². The van der Waals surface area contributed by atoms with Gasteiger partial charge in [-0.3, -0.25) is 34.3 Å². The molecule has 16 heteroatoms. The molecule has 3 fully saturated rings. The summed E-state index contributed by atoms with van der Waals surface area (Å²) in [6, 6.07) is 29.3. The van der Waals surface area contributed by atoms with E-state index in [4.69, 9.17) is 32.2 Å². The number of rotatable bonds is 15. The third-order valence-electron chi connectivity index (χ3n) is 14.9. The van der Waals surface area contributed by atoms with Gasteiger partial charge in [0.25, 0.3) is 0 Å². The second kappa shape index (κ2) is 27.8. The fourth-order valence-corrected chi connectivity index (χ4v) is 10.8. The Balaban J connectivity index is 0.000000159. The Morgan fingerprint density at radius 3 is 1.51 bits per heavy atom. The molecule has 6 heterocycles. The summed E-state index contributed by atoms with van der Waals surface area (Å²) in [6.07, 6.45) is 14.0. The van der Waals surface area contributed by atoms with E-state index in [9.17, 15) is 24.3 Å². The monoisotopic (exact) mass is 1260 g/mol. The second-order valence-electron chi connectivity index (χ2n) is 20.3. The summed E-state index contributed by atoms with van der Waals surface area (Å²) in [5.41, 5.74) is 4.75. The van der Waals surface area contributed by atoms with Gasteiger partial charge in [0.05, 0.1) is 50.8 Å². The van der Waals surface area contributed by atoms with E-state index in [1.54, 1.807) is 37.8 Å². The first-order chi connectivity index (χ1) is 38.1. The van der Waals surface area contributed by atoms with Crippen molar-refractivity contribution in [3.8, 4) is 17.2 Å². The van der Waals surface area contributed by atoms with Crippen LogP contribution in [0.15, 0.2) is 123 Å². The van der Waals surface area contributed by atoms with Crippen LogP contribution >= 0.6 is 0 Å². The number of amides is 2. The Bertz CT molecular complexity index is 3590. The number of piperidine rings is 3. The number of imide groups is 1. The number of phenols is 1. The summed E-state index contributed by atoms with van der Waals surface area (Å²) in [4.78, 5) is 52.1. The number of hydrogen-bond donors (Lipinski definition) is 2. The SMILES string of the molecule is CCOC(=O)Cc1coc2cc3ccc(O)cc3cc12.CCOC(=O)Cc1coc2cc3ccc(OCCN4CCCCC4)cc3cc12.O=C1CCC(c2coc3cc4ccc(OCCN5CCCCC5)cc4cc23)C(=O)N1.[CH3-].[W]. The Morgan fingerprint density at radius 1 is 0.575 bits per heavy atom. The normalized spacial score (nSPS) is 15.8. The summed E-state index contributed by atoms with van der Waals surface area (Å²) in [6.45, 7) is 12.4. The largest absolute Gasteiger partial charge is 0.508 e. The number of benzene rings is 6. The maximum atomic E-state index is 12.3. The number of nitrogens with zero attached hydrogens (tertiary/aromatic N) is 2. The van der Waals surface area contributed by atoms with Gasteiger partial charge in [0.15, 0.2) is 0 Å². The smallest absolute Gasteiger partial charge is 0.310 e. The number of fused-ring (bicyclic) bond motifs is 6. The summed E-state index contributed by atoms with van der Waals surface area (Å²) < 4.78 is 38.9. The number of nitrogens with one attached hydrogen (secondary N) is 1. The molecular formula is C64H70N3O12W-. The topological polar surface area (TPSA) is 183 Å². The van der Waals surface area contributed by atoms with Crippen molar-refractivity contribution < 1.29 is 77.5 Å². The van der Waals surface area contributed by atoms with E-state index in [1.807, 2.05) is 61.5 Å². The number of hydrogen-bond acceptors (Lipinski definition) is 14. The Morgan fingerprint density at radius 2 is 1.02 bits per heavy atom. The minimum Gasteiger partial charge on any atom is -0.508 e. The number of likely N-dealkylation sites (tertiary alicyclic amines) is 2. The van der Waals surface area contributed by atoms with Crippen molar-refractivity contribution in [2.75, 3.05) is 65.7 Å². The fraction of sp³-hybridized carbons (Fsp3) is 0.359. The average Bonchev–Trinajstić information content (AvgIpc) is 4.19. The molecule has 1 unspecified atom stereocenters. The first-order valence-electron chi connectivity index (χ1n) is 27.4. The third-order valence-corrected chi connectivity index (χ3v) is 14.9. The Labute approximate surface area is 480 Å². The van der Waals surface area contributed by atoms with Crippen molar-refractivity contribution in [1.29, 1.82) is 0 Å². The van der Waals surface area contributed by atoms with Gasteiger partial charge in [0, 0.05) is 73.4 Å². The number of ether oxygens (including phenoxy) is 4. The van der Waals surface area contributed by atoms with Gasteiger partial charge < -0.3 is 44.7 Å². The molecule has 0 aliphatic carbocycles. The zero-order valence-electron chi connectivity index (χ0n) is 45.9. The zero-order valence-corrected chi connectivity index (χ0v) is 48.8. The van der Waals surface area contributed by atoms with Gasteiger partial charge in [0.2, 0.25) is 11.8 Å². The minimum atomic E-state index is -0.356. The van der Waals surface area contributed by atoms with Crippen LogP contribution in [0.25, 0.3) is 65.2 Å². The van der Waals surface area contributed by atoms with E-state index >= 15 is 0 Å². The van der Waals surface area contributed by atoms with E-state index in [0.29, 0.717) is 39.3 Å². The molecule has 6 aromatic carbocycles. The van der Waals surface area contributed by atoms with Gasteiger partial charge in [-0.1, -0.05) is 31.0 Å². The van der Waals surface area contributed by atoms with Crippen molar-refractivity contribution in [2.24, 2.45) is 0 Å². The van der Waals surface area contributed by atoms with Crippen LogP contribution < -0.4 is 14.8 Å². The van der Waals surface area contributed by atoms with E-state index in [1.165, 1.54) is 64.7 Å². The van der Waals surface area contributed by atoms with Crippen molar-refractivity contribution >= 4 is 89.0 Å². The van der Waals surface area contributed by atoms with Gasteiger partial charge in [-0.25, -0.2) is 0 Å². The number of esters is 2. The van der Waals surface area contributed by atoms with Crippen LogP contribution in [0.3, 0.4) is 0 Å². The first-order valence-corrected chi connectivity index (χ1v) is 27.4. The molecule has 0 bridgehead atoms.